The van der Waals surface area contributed by atoms with Crippen molar-refractivity contribution in [1.29, 1.82) is 0 Å². The molecule has 1 aliphatic heterocycles. The van der Waals surface area contributed by atoms with Gasteiger partial charge in [-0.25, -0.2) is 4.99 Å². The lowest BCUT2D eigenvalue weighted by Gasteiger charge is -2.26. The van der Waals surface area contributed by atoms with Crippen LogP contribution in [0.15, 0.2) is 59.6 Å². The summed E-state index contributed by atoms with van der Waals surface area (Å²) in [6.07, 6.45) is -0.630. The molecule has 0 aliphatic carbocycles. The summed E-state index contributed by atoms with van der Waals surface area (Å²) >= 11 is 0. The number of aliphatic imine (C=N–C) groups is 1. The number of aliphatic hydroxyl groups is 1. The Hall–Kier alpha value is -2.33. The average molecular weight is 283 g/mol. The van der Waals surface area contributed by atoms with Crippen molar-refractivity contribution in [2.75, 3.05) is 13.7 Å². The van der Waals surface area contributed by atoms with Crippen LogP contribution in [0.25, 0.3) is 0 Å². The van der Waals surface area contributed by atoms with E-state index in [0.717, 1.165) is 16.9 Å². The molecule has 108 valence electrons. The molecule has 0 radical (unpaired) electrons. The van der Waals surface area contributed by atoms with Gasteiger partial charge in [-0.2, -0.15) is 0 Å². The van der Waals surface area contributed by atoms with E-state index < -0.39 is 6.10 Å². The lowest BCUT2D eigenvalue weighted by atomic mass is 10.0. The van der Waals surface area contributed by atoms with Gasteiger partial charge < -0.3 is 14.6 Å². The molecule has 0 amide bonds. The number of hydrogen-bond acceptors (Lipinski definition) is 4. The van der Waals surface area contributed by atoms with E-state index in [2.05, 4.69) is 4.99 Å². The number of benzene rings is 2. The maximum atomic E-state index is 10.1. The monoisotopic (exact) mass is 283 g/mol. The lowest BCUT2D eigenvalue weighted by Crippen LogP contribution is -2.31. The van der Waals surface area contributed by atoms with Gasteiger partial charge in [0.25, 0.3) is 0 Å². The number of aliphatic hydroxyl groups excluding tert-OH is 1. The molecule has 0 spiro atoms. The highest BCUT2D eigenvalue weighted by atomic mass is 16.5. The molecular formula is C17H17NO3. The fourth-order valence-electron chi connectivity index (χ4n) is 2.34. The van der Waals surface area contributed by atoms with Gasteiger partial charge in [0.05, 0.1) is 7.11 Å². The van der Waals surface area contributed by atoms with Crippen molar-refractivity contribution in [1.82, 2.24) is 0 Å². The Morgan fingerprint density at radius 3 is 2.48 bits per heavy atom. The number of methoxy groups -OCH3 is 1. The highest BCUT2D eigenvalue weighted by Crippen LogP contribution is 2.27. The van der Waals surface area contributed by atoms with Crippen molar-refractivity contribution in [2.24, 2.45) is 4.99 Å². The maximum absolute atomic E-state index is 10.1. The summed E-state index contributed by atoms with van der Waals surface area (Å²) in [4.78, 5) is 4.56. The van der Waals surface area contributed by atoms with E-state index in [4.69, 9.17) is 9.47 Å². The van der Waals surface area contributed by atoms with Gasteiger partial charge in [-0.3, -0.25) is 0 Å². The standard InChI is InChI=1S/C17H17NO3/c1-20-14-9-7-13(8-10-14)17-18-16(15(19)11-21-17)12-5-3-2-4-6-12/h2-10,15-16,19H,11H2,1H3. The molecule has 3 rings (SSSR count). The molecule has 0 saturated carbocycles. The molecule has 1 heterocycles. The van der Waals surface area contributed by atoms with E-state index in [0.29, 0.717) is 5.90 Å². The second kappa shape index (κ2) is 5.97. The molecule has 0 fully saturated rings. The van der Waals surface area contributed by atoms with E-state index >= 15 is 0 Å². The Bertz CT molecular complexity index is 622. The molecule has 0 aromatic heterocycles. The van der Waals surface area contributed by atoms with E-state index in [1.54, 1.807) is 7.11 Å². The molecule has 21 heavy (non-hydrogen) atoms. The second-order valence-electron chi connectivity index (χ2n) is 4.90. The van der Waals surface area contributed by atoms with Crippen LogP contribution in [0.5, 0.6) is 5.75 Å². The molecule has 1 N–H and O–H groups in total. The molecule has 0 saturated heterocycles. The molecular weight excluding hydrogens is 266 g/mol. The molecule has 2 unspecified atom stereocenters. The summed E-state index contributed by atoms with van der Waals surface area (Å²) in [7, 11) is 1.63. The fourth-order valence-corrected chi connectivity index (χ4v) is 2.34. The Balaban J connectivity index is 1.91. The van der Waals surface area contributed by atoms with Crippen molar-refractivity contribution in [3.05, 3.63) is 65.7 Å². The van der Waals surface area contributed by atoms with Crippen LogP contribution in [-0.2, 0) is 4.74 Å². The van der Waals surface area contributed by atoms with Crippen LogP contribution >= 0.6 is 0 Å². The summed E-state index contributed by atoms with van der Waals surface area (Å²) < 4.78 is 10.7. The van der Waals surface area contributed by atoms with Crippen molar-refractivity contribution < 1.29 is 14.6 Å². The topological polar surface area (TPSA) is 51.0 Å². The normalized spacial score (nSPS) is 21.3. The van der Waals surface area contributed by atoms with Gasteiger partial charge in [0, 0.05) is 5.56 Å². The second-order valence-corrected chi connectivity index (χ2v) is 4.90. The van der Waals surface area contributed by atoms with E-state index in [-0.39, 0.29) is 12.6 Å². The third-order valence-corrected chi connectivity index (χ3v) is 3.49. The summed E-state index contributed by atoms with van der Waals surface area (Å²) in [5.41, 5.74) is 1.86. The van der Waals surface area contributed by atoms with Crippen LogP contribution < -0.4 is 4.74 Å². The van der Waals surface area contributed by atoms with Gasteiger partial charge in [-0.15, -0.1) is 0 Å². The van der Waals surface area contributed by atoms with Gasteiger partial charge in [0.15, 0.2) is 0 Å². The van der Waals surface area contributed by atoms with Crippen molar-refractivity contribution >= 4 is 5.90 Å². The zero-order valence-corrected chi connectivity index (χ0v) is 11.8. The minimum Gasteiger partial charge on any atom is -0.497 e. The Morgan fingerprint density at radius 1 is 1.10 bits per heavy atom. The van der Waals surface area contributed by atoms with Crippen LogP contribution in [0.1, 0.15) is 17.2 Å². The zero-order valence-electron chi connectivity index (χ0n) is 11.8. The highest BCUT2D eigenvalue weighted by Gasteiger charge is 2.27. The van der Waals surface area contributed by atoms with Gasteiger partial charge in [-0.1, -0.05) is 30.3 Å². The van der Waals surface area contributed by atoms with Crippen molar-refractivity contribution in [3.63, 3.8) is 0 Å². The average Bonchev–Trinajstić information content (AvgIpc) is 2.56. The number of hydrogen-bond donors (Lipinski definition) is 1. The minimum atomic E-state index is -0.630. The van der Waals surface area contributed by atoms with E-state index in [1.807, 2.05) is 54.6 Å². The molecule has 1 aliphatic rings. The number of ether oxygens (including phenoxy) is 2. The third-order valence-electron chi connectivity index (χ3n) is 3.49. The highest BCUT2D eigenvalue weighted by molar-refractivity contribution is 5.94. The molecule has 2 aromatic carbocycles. The smallest absolute Gasteiger partial charge is 0.216 e. The third kappa shape index (κ3) is 2.90. The largest absolute Gasteiger partial charge is 0.497 e. The van der Waals surface area contributed by atoms with Crippen molar-refractivity contribution in [2.45, 2.75) is 12.1 Å². The molecule has 2 atom stereocenters. The minimum absolute atomic E-state index is 0.240. The SMILES string of the molecule is COc1ccc(C2=NC(c3ccccc3)C(O)CO2)cc1. The molecule has 4 heteroatoms. The van der Waals surface area contributed by atoms with Crippen LogP contribution in [0.2, 0.25) is 0 Å². The Kier molecular flexibility index (Phi) is 3.88. The Labute approximate surface area is 123 Å². The zero-order chi connectivity index (χ0) is 14.7. The summed E-state index contributed by atoms with van der Waals surface area (Å²) in [6.45, 7) is 0.240. The van der Waals surface area contributed by atoms with Gasteiger partial charge in [0.2, 0.25) is 5.90 Å². The predicted octanol–water partition coefficient (Wildman–Crippen LogP) is 2.57. The van der Waals surface area contributed by atoms with Crippen LogP contribution in [0, 0.1) is 0 Å². The summed E-state index contributed by atoms with van der Waals surface area (Å²) in [5.74, 6) is 1.34. The van der Waals surface area contributed by atoms with Gasteiger partial charge >= 0.3 is 0 Å². The number of nitrogens with zero attached hydrogens (tertiary/aromatic N) is 1. The van der Waals surface area contributed by atoms with Crippen molar-refractivity contribution in [3.8, 4) is 5.75 Å². The predicted molar refractivity (Wildman–Crippen MR) is 80.7 cm³/mol. The first-order valence-corrected chi connectivity index (χ1v) is 6.86. The molecule has 2 aromatic rings. The molecule has 0 bridgehead atoms. The first-order valence-electron chi connectivity index (χ1n) is 6.86. The summed E-state index contributed by atoms with van der Waals surface area (Å²) in [5, 5.41) is 10.1. The van der Waals surface area contributed by atoms with E-state index in [1.165, 1.54) is 0 Å². The van der Waals surface area contributed by atoms with Crippen LogP contribution in [0.4, 0.5) is 0 Å². The number of rotatable bonds is 3. The fraction of sp³-hybridized carbons (Fsp3) is 0.235. The summed E-state index contributed by atoms with van der Waals surface area (Å²) in [6, 6.07) is 17.0. The first-order chi connectivity index (χ1) is 10.3. The van der Waals surface area contributed by atoms with Gasteiger partial charge in [-0.05, 0) is 29.8 Å². The Morgan fingerprint density at radius 2 is 1.81 bits per heavy atom. The first kappa shape index (κ1) is 13.6. The lowest BCUT2D eigenvalue weighted by molar-refractivity contribution is 0.0652. The van der Waals surface area contributed by atoms with Crippen LogP contribution in [0.3, 0.4) is 0 Å². The maximum Gasteiger partial charge on any atom is 0.216 e. The quantitative estimate of drug-likeness (QED) is 0.942. The van der Waals surface area contributed by atoms with Gasteiger partial charge in [0.1, 0.15) is 24.5 Å². The molecule has 4 nitrogen and oxygen atoms in total. The van der Waals surface area contributed by atoms with E-state index in [9.17, 15) is 5.11 Å². The van der Waals surface area contributed by atoms with Crippen LogP contribution in [-0.4, -0.2) is 30.8 Å².